The van der Waals surface area contributed by atoms with Gasteiger partial charge in [-0.1, -0.05) is 11.6 Å². The van der Waals surface area contributed by atoms with Gasteiger partial charge in [0.1, 0.15) is 11.3 Å². The minimum atomic E-state index is -8.70. The topological polar surface area (TPSA) is 46.5 Å². The fourth-order valence-electron chi connectivity index (χ4n) is 2.27. The lowest BCUT2D eigenvalue weighted by molar-refractivity contribution is -0.451. The first-order chi connectivity index (χ1) is 16.1. The van der Waals surface area contributed by atoms with Crippen molar-refractivity contribution < 1.29 is 89.3 Å². The third-order valence-corrected chi connectivity index (χ3v) is 4.34. The molecule has 0 aliphatic carbocycles. The number of carbonyl (C=O) groups is 1. The summed E-state index contributed by atoms with van der Waals surface area (Å²) in [5, 5.41) is 8.85. The molecule has 0 amide bonds. The van der Waals surface area contributed by atoms with E-state index < -0.39 is 70.8 Å². The van der Waals surface area contributed by atoms with E-state index in [1.807, 2.05) is 0 Å². The van der Waals surface area contributed by atoms with E-state index in [1.165, 1.54) is 0 Å². The molecular formula is C17H7F17O3. The Morgan fingerprint density at radius 3 is 1.51 bits per heavy atom. The molecule has 1 N–H and O–H groups in total. The SMILES string of the molecule is Cc1ccc(OC(F)=C(F)C(F)(F)C(F)(F)C(F)(F)C(F)(F)C(F)(F)C(F)(F)C(F)(F)F)c(C(=O)O)c1. The third kappa shape index (κ3) is 4.73. The second-order valence-electron chi connectivity index (χ2n) is 6.94. The lowest BCUT2D eigenvalue weighted by Crippen LogP contribution is -2.72. The minimum absolute atomic E-state index is 0.0185. The minimum Gasteiger partial charge on any atom is -0.478 e. The van der Waals surface area contributed by atoms with Crippen molar-refractivity contribution in [1.82, 2.24) is 0 Å². The fraction of sp³-hybridized carbons (Fsp3) is 0.471. The zero-order chi connectivity index (χ0) is 29.8. The Kier molecular flexibility index (Phi) is 7.89. The van der Waals surface area contributed by atoms with E-state index >= 15 is 0 Å². The Morgan fingerprint density at radius 2 is 1.11 bits per heavy atom. The van der Waals surface area contributed by atoms with E-state index in [0.29, 0.717) is 12.1 Å². The molecule has 0 atom stereocenters. The highest BCUT2D eigenvalue weighted by Crippen LogP contribution is 2.63. The van der Waals surface area contributed by atoms with Crippen molar-refractivity contribution >= 4 is 5.97 Å². The number of aryl methyl sites for hydroxylation is 1. The normalized spacial score (nSPS) is 15.4. The summed E-state index contributed by atoms with van der Waals surface area (Å²) in [6.07, 6.45) is -7.82. The molecule has 37 heavy (non-hydrogen) atoms. The Balaban J connectivity index is 3.66. The molecule has 0 heterocycles. The van der Waals surface area contributed by atoms with Crippen molar-refractivity contribution in [3.63, 3.8) is 0 Å². The number of hydrogen-bond donors (Lipinski definition) is 1. The van der Waals surface area contributed by atoms with Crippen LogP contribution in [0.25, 0.3) is 0 Å². The van der Waals surface area contributed by atoms with Crippen molar-refractivity contribution in [1.29, 1.82) is 0 Å². The van der Waals surface area contributed by atoms with Gasteiger partial charge >= 0.3 is 53.7 Å². The maximum absolute atomic E-state index is 13.7. The van der Waals surface area contributed by atoms with Gasteiger partial charge in [0.05, 0.1) is 0 Å². The van der Waals surface area contributed by atoms with Crippen LogP contribution >= 0.6 is 0 Å². The molecule has 0 fully saturated rings. The van der Waals surface area contributed by atoms with Crippen molar-refractivity contribution in [2.45, 2.75) is 48.6 Å². The van der Waals surface area contributed by atoms with Crippen LogP contribution in [0.1, 0.15) is 15.9 Å². The van der Waals surface area contributed by atoms with Crippen LogP contribution in [0.4, 0.5) is 74.6 Å². The van der Waals surface area contributed by atoms with Gasteiger partial charge in [0, 0.05) is 0 Å². The average Bonchev–Trinajstić information content (AvgIpc) is 2.72. The second-order valence-corrected chi connectivity index (χ2v) is 6.94. The first-order valence-electron chi connectivity index (χ1n) is 8.54. The predicted octanol–water partition coefficient (Wildman–Crippen LogP) is 7.55. The lowest BCUT2D eigenvalue weighted by Gasteiger charge is -2.41. The molecule has 0 aliphatic heterocycles. The van der Waals surface area contributed by atoms with Crippen LogP contribution in [-0.2, 0) is 0 Å². The van der Waals surface area contributed by atoms with Crippen molar-refractivity contribution in [3.05, 3.63) is 41.2 Å². The van der Waals surface area contributed by atoms with E-state index in [4.69, 9.17) is 5.11 Å². The monoisotopic (exact) mass is 582 g/mol. The summed E-state index contributed by atoms with van der Waals surface area (Å²) in [7, 11) is 0. The number of ether oxygens (including phenoxy) is 1. The summed E-state index contributed by atoms with van der Waals surface area (Å²) in [4.78, 5) is 11.0. The Hall–Kier alpha value is -2.96. The molecule has 0 unspecified atom stereocenters. The van der Waals surface area contributed by atoms with Gasteiger partial charge in [-0.3, -0.25) is 0 Å². The number of rotatable bonds is 9. The quantitative estimate of drug-likeness (QED) is 0.242. The third-order valence-electron chi connectivity index (χ3n) is 4.34. The van der Waals surface area contributed by atoms with Crippen LogP contribution in [-0.4, -0.2) is 52.8 Å². The largest absolute Gasteiger partial charge is 0.478 e. The van der Waals surface area contributed by atoms with Gasteiger partial charge < -0.3 is 9.84 Å². The molecule has 1 rings (SSSR count). The molecule has 0 spiro atoms. The summed E-state index contributed by atoms with van der Waals surface area (Å²) < 4.78 is 228. The van der Waals surface area contributed by atoms with Crippen LogP contribution in [0, 0.1) is 6.92 Å². The van der Waals surface area contributed by atoms with Crippen molar-refractivity contribution in [3.8, 4) is 5.75 Å². The molecule has 3 nitrogen and oxygen atoms in total. The summed E-state index contributed by atoms with van der Waals surface area (Å²) in [6.45, 7) is 1.16. The van der Waals surface area contributed by atoms with E-state index in [0.717, 1.165) is 13.0 Å². The van der Waals surface area contributed by atoms with Gasteiger partial charge in [0.15, 0.2) is 0 Å². The van der Waals surface area contributed by atoms with Gasteiger partial charge in [-0.05, 0) is 19.1 Å². The molecule has 0 bridgehead atoms. The zero-order valence-corrected chi connectivity index (χ0v) is 16.9. The van der Waals surface area contributed by atoms with Gasteiger partial charge in [-0.2, -0.15) is 74.6 Å². The molecule has 0 aromatic heterocycles. The van der Waals surface area contributed by atoms with E-state index in [9.17, 15) is 79.4 Å². The second kappa shape index (κ2) is 9.10. The molecule has 0 saturated heterocycles. The van der Waals surface area contributed by atoms with Crippen molar-refractivity contribution in [2.24, 2.45) is 0 Å². The van der Waals surface area contributed by atoms with E-state index in [-0.39, 0.29) is 5.56 Å². The number of allylic oxidation sites excluding steroid dienone is 1. The van der Waals surface area contributed by atoms with Gasteiger partial charge in [-0.25, -0.2) is 4.79 Å². The van der Waals surface area contributed by atoms with Crippen LogP contribution in [0.15, 0.2) is 30.0 Å². The Morgan fingerprint density at radius 1 is 0.703 bits per heavy atom. The van der Waals surface area contributed by atoms with Gasteiger partial charge in [0.25, 0.3) is 0 Å². The maximum Gasteiger partial charge on any atom is 0.460 e. The lowest BCUT2D eigenvalue weighted by atomic mass is 9.91. The van der Waals surface area contributed by atoms with Crippen LogP contribution < -0.4 is 4.74 Å². The maximum atomic E-state index is 13.7. The van der Waals surface area contributed by atoms with Gasteiger partial charge in [-0.15, -0.1) is 0 Å². The number of halogens is 17. The molecule has 212 valence electrons. The Labute approximate surface area is 192 Å². The number of aromatic carboxylic acids is 1. The molecular weight excluding hydrogens is 575 g/mol. The summed E-state index contributed by atoms with van der Waals surface area (Å²) >= 11 is 0. The summed E-state index contributed by atoms with van der Waals surface area (Å²) in [5.74, 6) is -58.3. The standard InChI is InChI=1S/C17H7F17O3/c1-5-2-3-7(6(4-5)10(35)36)37-9(19)8(18)11(20,21)12(22,23)13(24,25)14(26,27)15(28,29)16(30,31)17(32,33)34/h2-4H,1H3,(H,35,36). The average molecular weight is 582 g/mol. The van der Waals surface area contributed by atoms with Gasteiger partial charge in [0.2, 0.25) is 5.83 Å². The first kappa shape index (κ1) is 32.1. The molecule has 20 heteroatoms. The smallest absolute Gasteiger partial charge is 0.460 e. The number of alkyl halides is 15. The van der Waals surface area contributed by atoms with Crippen LogP contribution in [0.3, 0.4) is 0 Å². The Bertz CT molecular complexity index is 1070. The molecule has 1 aromatic rings. The number of hydrogen-bond acceptors (Lipinski definition) is 2. The predicted molar refractivity (Wildman–Crippen MR) is 83.7 cm³/mol. The zero-order valence-electron chi connectivity index (χ0n) is 16.9. The van der Waals surface area contributed by atoms with Crippen LogP contribution in [0.2, 0.25) is 0 Å². The van der Waals surface area contributed by atoms with Crippen molar-refractivity contribution in [2.75, 3.05) is 0 Å². The highest BCUT2D eigenvalue weighted by atomic mass is 19.4. The van der Waals surface area contributed by atoms with E-state index in [2.05, 4.69) is 4.74 Å². The molecule has 0 saturated carbocycles. The number of benzene rings is 1. The highest BCUT2D eigenvalue weighted by Gasteiger charge is 2.93. The highest BCUT2D eigenvalue weighted by molar-refractivity contribution is 5.91. The number of carboxylic acid groups (broad SMARTS) is 1. The molecule has 0 aliphatic rings. The summed E-state index contributed by atoms with van der Waals surface area (Å²) in [5.41, 5.74) is -1.19. The fourth-order valence-corrected chi connectivity index (χ4v) is 2.27. The number of carboxylic acids is 1. The molecule has 1 aromatic carbocycles. The summed E-state index contributed by atoms with van der Waals surface area (Å²) in [6, 6.07) is -1.99. The van der Waals surface area contributed by atoms with E-state index in [1.54, 1.807) is 0 Å². The first-order valence-corrected chi connectivity index (χ1v) is 8.54. The molecule has 0 radical (unpaired) electrons. The van der Waals surface area contributed by atoms with Crippen LogP contribution in [0.5, 0.6) is 5.75 Å².